The molecule has 0 unspecified atom stereocenters. The van der Waals surface area contributed by atoms with Crippen LogP contribution in [0.4, 0.5) is 18.9 Å². The van der Waals surface area contributed by atoms with Crippen molar-refractivity contribution in [1.82, 2.24) is 9.21 Å². The van der Waals surface area contributed by atoms with Gasteiger partial charge in [0.1, 0.15) is 4.21 Å². The van der Waals surface area contributed by atoms with Crippen LogP contribution in [0.3, 0.4) is 0 Å². The minimum atomic E-state index is -4.57. The maximum atomic E-state index is 13.1. The van der Waals surface area contributed by atoms with E-state index in [1.807, 2.05) is 0 Å². The van der Waals surface area contributed by atoms with Crippen LogP contribution in [0.1, 0.15) is 12.0 Å². The number of halogens is 3. The van der Waals surface area contributed by atoms with Gasteiger partial charge in [0.15, 0.2) is 0 Å². The first-order valence-electron chi connectivity index (χ1n) is 8.90. The normalized spacial score (nSPS) is 17.1. The van der Waals surface area contributed by atoms with Gasteiger partial charge in [0, 0.05) is 19.6 Å². The molecule has 2 heterocycles. The molecule has 3 rings (SSSR count). The lowest BCUT2D eigenvalue weighted by Crippen LogP contribution is -2.38. The van der Waals surface area contributed by atoms with Gasteiger partial charge in [-0.25, -0.2) is 8.42 Å². The van der Waals surface area contributed by atoms with Crippen LogP contribution in [0.15, 0.2) is 46.0 Å². The summed E-state index contributed by atoms with van der Waals surface area (Å²) in [5.41, 5.74) is -1.20. The van der Waals surface area contributed by atoms with E-state index in [4.69, 9.17) is 0 Å². The SMILES string of the molecule is O=C(CN1CCCN(S(=O)(=O)c2cccs2)CC1)Nc1ccccc1C(F)(F)F. The molecular formula is C18H20F3N3O3S2. The molecule has 6 nitrogen and oxygen atoms in total. The predicted molar refractivity (Wildman–Crippen MR) is 104 cm³/mol. The lowest BCUT2D eigenvalue weighted by atomic mass is 10.1. The van der Waals surface area contributed by atoms with Gasteiger partial charge in [-0.3, -0.25) is 9.69 Å². The average Bonchev–Trinajstić information content (AvgIpc) is 3.09. The molecule has 11 heteroatoms. The van der Waals surface area contributed by atoms with Crippen LogP contribution in [0.25, 0.3) is 0 Å². The van der Waals surface area contributed by atoms with Gasteiger partial charge in [-0.15, -0.1) is 11.3 Å². The molecule has 0 saturated carbocycles. The number of sulfonamides is 1. The number of carbonyl (C=O) groups is 1. The van der Waals surface area contributed by atoms with Gasteiger partial charge in [-0.05, 0) is 36.5 Å². The van der Waals surface area contributed by atoms with E-state index in [1.54, 1.807) is 22.4 Å². The van der Waals surface area contributed by atoms with Gasteiger partial charge >= 0.3 is 6.18 Å². The molecule has 29 heavy (non-hydrogen) atoms. The molecule has 0 radical (unpaired) electrons. The Kier molecular flexibility index (Phi) is 6.62. The maximum Gasteiger partial charge on any atom is 0.418 e. The molecule has 1 fully saturated rings. The Labute approximate surface area is 171 Å². The summed E-state index contributed by atoms with van der Waals surface area (Å²) >= 11 is 1.15. The van der Waals surface area contributed by atoms with E-state index in [1.165, 1.54) is 22.5 Å². The number of anilines is 1. The van der Waals surface area contributed by atoms with Crippen molar-refractivity contribution in [2.75, 3.05) is 38.0 Å². The maximum absolute atomic E-state index is 13.1. The van der Waals surface area contributed by atoms with Crippen molar-refractivity contribution in [2.24, 2.45) is 0 Å². The Morgan fingerprint density at radius 1 is 1.07 bits per heavy atom. The van der Waals surface area contributed by atoms with E-state index in [0.717, 1.165) is 17.4 Å². The molecule has 1 aliphatic heterocycles. The Morgan fingerprint density at radius 2 is 1.83 bits per heavy atom. The number of hydrogen-bond donors (Lipinski definition) is 1. The van der Waals surface area contributed by atoms with Gasteiger partial charge in [0.25, 0.3) is 10.0 Å². The summed E-state index contributed by atoms with van der Waals surface area (Å²) in [5, 5.41) is 4.01. The number of carbonyl (C=O) groups excluding carboxylic acids is 1. The minimum Gasteiger partial charge on any atom is -0.324 e. The highest BCUT2D eigenvalue weighted by atomic mass is 32.2. The van der Waals surface area contributed by atoms with Gasteiger partial charge < -0.3 is 5.32 Å². The van der Waals surface area contributed by atoms with E-state index >= 15 is 0 Å². The summed E-state index contributed by atoms with van der Waals surface area (Å²) < 4.78 is 66.1. The fourth-order valence-corrected chi connectivity index (χ4v) is 5.73. The molecule has 1 aliphatic rings. The predicted octanol–water partition coefficient (Wildman–Crippen LogP) is 3.10. The monoisotopic (exact) mass is 447 g/mol. The number of hydrogen-bond acceptors (Lipinski definition) is 5. The molecule has 0 atom stereocenters. The van der Waals surface area contributed by atoms with E-state index in [-0.39, 0.29) is 23.0 Å². The number of benzene rings is 1. The van der Waals surface area contributed by atoms with Crippen LogP contribution in [-0.4, -0.2) is 56.3 Å². The highest BCUT2D eigenvalue weighted by Crippen LogP contribution is 2.34. The fourth-order valence-electron chi connectivity index (χ4n) is 3.12. The Balaban J connectivity index is 1.60. The lowest BCUT2D eigenvalue weighted by molar-refractivity contribution is -0.137. The number of rotatable bonds is 5. The van der Waals surface area contributed by atoms with Crippen LogP contribution in [0, 0.1) is 0 Å². The van der Waals surface area contributed by atoms with Gasteiger partial charge in [0.05, 0.1) is 17.8 Å². The van der Waals surface area contributed by atoms with Crippen molar-refractivity contribution in [3.63, 3.8) is 0 Å². The van der Waals surface area contributed by atoms with Crippen molar-refractivity contribution in [3.05, 3.63) is 47.3 Å². The van der Waals surface area contributed by atoms with Gasteiger partial charge in [-0.2, -0.15) is 17.5 Å². The molecule has 1 saturated heterocycles. The number of para-hydroxylation sites is 1. The third-order valence-corrected chi connectivity index (χ3v) is 7.78. The Morgan fingerprint density at radius 3 is 2.52 bits per heavy atom. The fraction of sp³-hybridized carbons (Fsp3) is 0.389. The first kappa shape index (κ1) is 21.8. The van der Waals surface area contributed by atoms with Crippen molar-refractivity contribution in [3.8, 4) is 0 Å². The van der Waals surface area contributed by atoms with Crippen LogP contribution in [0.5, 0.6) is 0 Å². The number of amides is 1. The second-order valence-electron chi connectivity index (χ2n) is 6.56. The van der Waals surface area contributed by atoms with Crippen molar-refractivity contribution in [1.29, 1.82) is 0 Å². The zero-order chi connectivity index (χ0) is 21.1. The Bertz CT molecular complexity index is 947. The summed E-state index contributed by atoms with van der Waals surface area (Å²) in [4.78, 5) is 14.0. The molecule has 1 N–H and O–H groups in total. The zero-order valence-corrected chi connectivity index (χ0v) is 17.0. The average molecular weight is 448 g/mol. The standard InChI is InChI=1S/C18H20F3N3O3S2/c19-18(20,21)14-5-1-2-6-15(14)22-16(25)13-23-8-4-9-24(11-10-23)29(26,27)17-7-3-12-28-17/h1-3,5-7,12H,4,8-11,13H2,(H,22,25). The first-order valence-corrected chi connectivity index (χ1v) is 11.2. The largest absolute Gasteiger partial charge is 0.418 e. The Hall–Kier alpha value is -1.95. The van der Waals surface area contributed by atoms with E-state index in [0.29, 0.717) is 26.1 Å². The van der Waals surface area contributed by atoms with Crippen molar-refractivity contribution in [2.45, 2.75) is 16.8 Å². The summed E-state index contributed by atoms with van der Waals surface area (Å²) in [6, 6.07) is 8.02. The summed E-state index contributed by atoms with van der Waals surface area (Å²) in [7, 11) is -3.56. The number of alkyl halides is 3. The summed E-state index contributed by atoms with van der Waals surface area (Å²) in [6.45, 7) is 1.23. The highest BCUT2D eigenvalue weighted by molar-refractivity contribution is 7.91. The van der Waals surface area contributed by atoms with E-state index in [2.05, 4.69) is 5.32 Å². The molecule has 0 spiro atoms. The van der Waals surface area contributed by atoms with Crippen LogP contribution in [-0.2, 0) is 21.0 Å². The number of nitrogens with one attached hydrogen (secondary N) is 1. The molecule has 0 aliphatic carbocycles. The molecule has 0 bridgehead atoms. The summed E-state index contributed by atoms with van der Waals surface area (Å²) in [5.74, 6) is -0.573. The molecule has 158 valence electrons. The molecule has 1 aromatic heterocycles. The molecule has 1 amide bonds. The smallest absolute Gasteiger partial charge is 0.324 e. The molecule has 2 aromatic rings. The van der Waals surface area contributed by atoms with E-state index in [9.17, 15) is 26.4 Å². The van der Waals surface area contributed by atoms with Crippen LogP contribution in [0.2, 0.25) is 0 Å². The third-order valence-electron chi connectivity index (χ3n) is 4.51. The highest BCUT2D eigenvalue weighted by Gasteiger charge is 2.34. The molecule has 1 aromatic carbocycles. The van der Waals surface area contributed by atoms with Gasteiger partial charge in [0.2, 0.25) is 5.91 Å². The first-order chi connectivity index (χ1) is 13.7. The van der Waals surface area contributed by atoms with Crippen molar-refractivity contribution >= 4 is 33.0 Å². The second kappa shape index (κ2) is 8.82. The van der Waals surface area contributed by atoms with Crippen LogP contribution >= 0.6 is 11.3 Å². The number of thiophene rings is 1. The lowest BCUT2D eigenvalue weighted by Gasteiger charge is -2.21. The molecular weight excluding hydrogens is 427 g/mol. The van der Waals surface area contributed by atoms with Gasteiger partial charge in [-0.1, -0.05) is 18.2 Å². The minimum absolute atomic E-state index is 0.112. The number of nitrogens with zero attached hydrogens (tertiary/aromatic N) is 2. The second-order valence-corrected chi connectivity index (χ2v) is 9.67. The van der Waals surface area contributed by atoms with Crippen molar-refractivity contribution < 1.29 is 26.4 Å². The summed E-state index contributed by atoms with van der Waals surface area (Å²) in [6.07, 6.45) is -4.04. The quantitative estimate of drug-likeness (QED) is 0.765. The third kappa shape index (κ3) is 5.35. The topological polar surface area (TPSA) is 69.7 Å². The van der Waals surface area contributed by atoms with E-state index < -0.39 is 27.7 Å². The zero-order valence-electron chi connectivity index (χ0n) is 15.4. The van der Waals surface area contributed by atoms with Crippen LogP contribution < -0.4 is 5.32 Å².